The Labute approximate surface area is 144 Å². The van der Waals surface area contributed by atoms with Crippen molar-refractivity contribution in [3.63, 3.8) is 0 Å². The third-order valence-corrected chi connectivity index (χ3v) is 4.29. The van der Waals surface area contributed by atoms with Crippen molar-refractivity contribution in [2.75, 3.05) is 0 Å². The fraction of sp³-hybridized carbons (Fsp3) is 0.222. The van der Waals surface area contributed by atoms with Gasteiger partial charge in [0.15, 0.2) is 0 Å². The van der Waals surface area contributed by atoms with Gasteiger partial charge in [-0.25, -0.2) is 0 Å². The molecule has 1 aromatic carbocycles. The first-order valence-corrected chi connectivity index (χ1v) is 8.05. The van der Waals surface area contributed by atoms with E-state index in [2.05, 4.69) is 10.3 Å². The van der Waals surface area contributed by atoms with Crippen LogP contribution in [0.25, 0.3) is 5.57 Å². The SMILES string of the molecule is O=C1CC[C@H](C=C(c2ccc(CO)cc2)c2ccc(Cl)c(=O)[nH]2)N1. The van der Waals surface area contributed by atoms with Gasteiger partial charge in [0.1, 0.15) is 5.02 Å². The smallest absolute Gasteiger partial charge is 0.267 e. The number of amides is 1. The number of nitrogens with one attached hydrogen (secondary N) is 2. The van der Waals surface area contributed by atoms with E-state index >= 15 is 0 Å². The molecule has 6 heteroatoms. The highest BCUT2D eigenvalue weighted by molar-refractivity contribution is 6.30. The van der Waals surface area contributed by atoms with E-state index in [0.29, 0.717) is 12.1 Å². The van der Waals surface area contributed by atoms with Crippen LogP contribution in [-0.4, -0.2) is 22.0 Å². The summed E-state index contributed by atoms with van der Waals surface area (Å²) in [4.78, 5) is 26.1. The standard InChI is InChI=1S/C18H17ClN2O3/c19-15-6-7-16(21-18(15)24)14(9-13-5-8-17(23)20-13)12-3-1-11(10-22)2-4-12/h1-4,6-7,9,13,22H,5,8,10H2,(H,20,23)(H,21,24)/t13-/m1/s1. The molecule has 0 bridgehead atoms. The van der Waals surface area contributed by atoms with Crippen molar-refractivity contribution in [3.05, 3.63) is 74.7 Å². The Morgan fingerprint density at radius 1 is 1.21 bits per heavy atom. The Bertz CT molecular complexity index is 840. The highest BCUT2D eigenvalue weighted by atomic mass is 35.5. The van der Waals surface area contributed by atoms with Gasteiger partial charge in [0.25, 0.3) is 5.56 Å². The first kappa shape index (κ1) is 16.5. The molecule has 0 aliphatic carbocycles. The molecule has 1 amide bonds. The predicted molar refractivity (Wildman–Crippen MR) is 92.7 cm³/mol. The molecule has 0 spiro atoms. The van der Waals surface area contributed by atoms with Crippen LogP contribution < -0.4 is 10.9 Å². The van der Waals surface area contributed by atoms with E-state index in [1.54, 1.807) is 12.1 Å². The van der Waals surface area contributed by atoms with Crippen molar-refractivity contribution >= 4 is 23.1 Å². The number of halogens is 1. The van der Waals surface area contributed by atoms with Crippen LogP contribution in [0.4, 0.5) is 0 Å². The maximum atomic E-state index is 11.8. The first-order chi connectivity index (χ1) is 11.6. The summed E-state index contributed by atoms with van der Waals surface area (Å²) >= 11 is 5.81. The van der Waals surface area contributed by atoms with Crippen molar-refractivity contribution in [2.45, 2.75) is 25.5 Å². The molecule has 1 aromatic heterocycles. The lowest BCUT2D eigenvalue weighted by molar-refractivity contribution is -0.119. The minimum absolute atomic E-state index is 0.0239. The van der Waals surface area contributed by atoms with E-state index in [1.165, 1.54) is 0 Å². The minimum Gasteiger partial charge on any atom is -0.392 e. The molecular formula is C18H17ClN2O3. The monoisotopic (exact) mass is 344 g/mol. The molecule has 1 atom stereocenters. The van der Waals surface area contributed by atoms with Crippen LogP contribution in [0.3, 0.4) is 0 Å². The molecule has 0 radical (unpaired) electrons. The Morgan fingerprint density at radius 3 is 2.54 bits per heavy atom. The van der Waals surface area contributed by atoms with Gasteiger partial charge >= 0.3 is 0 Å². The molecule has 24 heavy (non-hydrogen) atoms. The van der Waals surface area contributed by atoms with Gasteiger partial charge < -0.3 is 15.4 Å². The largest absolute Gasteiger partial charge is 0.392 e. The molecule has 1 saturated heterocycles. The van der Waals surface area contributed by atoms with Crippen LogP contribution in [0.1, 0.15) is 29.7 Å². The molecular weight excluding hydrogens is 328 g/mol. The predicted octanol–water partition coefficient (Wildman–Crippen LogP) is 2.23. The van der Waals surface area contributed by atoms with E-state index in [9.17, 15) is 14.7 Å². The zero-order valence-electron chi connectivity index (χ0n) is 12.9. The topological polar surface area (TPSA) is 82.2 Å². The van der Waals surface area contributed by atoms with Gasteiger partial charge in [0, 0.05) is 23.7 Å². The van der Waals surface area contributed by atoms with Crippen LogP contribution in [0.2, 0.25) is 5.02 Å². The highest BCUT2D eigenvalue weighted by Gasteiger charge is 2.20. The van der Waals surface area contributed by atoms with Gasteiger partial charge in [-0.3, -0.25) is 9.59 Å². The third kappa shape index (κ3) is 3.58. The van der Waals surface area contributed by atoms with Crippen molar-refractivity contribution < 1.29 is 9.90 Å². The molecule has 5 nitrogen and oxygen atoms in total. The second kappa shape index (κ2) is 7.03. The van der Waals surface area contributed by atoms with Crippen LogP contribution in [-0.2, 0) is 11.4 Å². The third-order valence-electron chi connectivity index (χ3n) is 4.00. The Morgan fingerprint density at radius 2 is 1.96 bits per heavy atom. The molecule has 0 saturated carbocycles. The number of aliphatic hydroxyl groups excluding tert-OH is 1. The number of aliphatic hydroxyl groups is 1. The summed E-state index contributed by atoms with van der Waals surface area (Å²) in [6, 6.07) is 10.6. The molecule has 3 rings (SSSR count). The van der Waals surface area contributed by atoms with E-state index in [4.69, 9.17) is 11.6 Å². The van der Waals surface area contributed by atoms with Crippen LogP contribution in [0.5, 0.6) is 0 Å². The van der Waals surface area contributed by atoms with Gasteiger partial charge in [-0.1, -0.05) is 41.9 Å². The van der Waals surface area contributed by atoms with Crippen LogP contribution in [0, 0.1) is 0 Å². The summed E-state index contributed by atoms with van der Waals surface area (Å²) in [5, 5.41) is 12.2. The molecule has 1 aliphatic heterocycles. The maximum Gasteiger partial charge on any atom is 0.267 e. The van der Waals surface area contributed by atoms with E-state index < -0.39 is 0 Å². The molecule has 0 unspecified atom stereocenters. The second-order valence-electron chi connectivity index (χ2n) is 5.70. The zero-order chi connectivity index (χ0) is 17.1. The number of benzene rings is 1. The summed E-state index contributed by atoms with van der Waals surface area (Å²) < 4.78 is 0. The van der Waals surface area contributed by atoms with Crippen LogP contribution >= 0.6 is 11.6 Å². The Hall–Kier alpha value is -2.37. The maximum absolute atomic E-state index is 11.8. The van der Waals surface area contributed by atoms with E-state index in [0.717, 1.165) is 23.1 Å². The van der Waals surface area contributed by atoms with E-state index in [-0.39, 0.29) is 29.1 Å². The number of hydrogen-bond donors (Lipinski definition) is 3. The number of hydrogen-bond acceptors (Lipinski definition) is 3. The Balaban J connectivity index is 2.05. The lowest BCUT2D eigenvalue weighted by Crippen LogP contribution is -2.23. The number of carbonyl (C=O) groups is 1. The molecule has 3 N–H and O–H groups in total. The molecule has 1 aliphatic rings. The Kier molecular flexibility index (Phi) is 4.83. The van der Waals surface area contributed by atoms with Crippen molar-refractivity contribution in [1.29, 1.82) is 0 Å². The number of H-pyrrole nitrogens is 1. The molecule has 124 valence electrons. The van der Waals surface area contributed by atoms with Gasteiger partial charge in [-0.2, -0.15) is 0 Å². The number of pyridine rings is 1. The molecule has 2 heterocycles. The van der Waals surface area contributed by atoms with Crippen molar-refractivity contribution in [2.24, 2.45) is 0 Å². The van der Waals surface area contributed by atoms with Gasteiger partial charge in [-0.15, -0.1) is 0 Å². The van der Waals surface area contributed by atoms with Gasteiger partial charge in [0.2, 0.25) is 5.91 Å². The molecule has 1 fully saturated rings. The summed E-state index contributed by atoms with van der Waals surface area (Å²) in [6.07, 6.45) is 3.15. The van der Waals surface area contributed by atoms with Gasteiger partial charge in [0.05, 0.1) is 6.61 Å². The number of aromatic amines is 1. The first-order valence-electron chi connectivity index (χ1n) is 7.67. The number of rotatable bonds is 4. The molecule has 2 aromatic rings. The van der Waals surface area contributed by atoms with Crippen molar-refractivity contribution in [3.8, 4) is 0 Å². The van der Waals surface area contributed by atoms with Crippen LogP contribution in [0.15, 0.2) is 47.3 Å². The zero-order valence-corrected chi connectivity index (χ0v) is 13.6. The highest BCUT2D eigenvalue weighted by Crippen LogP contribution is 2.25. The summed E-state index contributed by atoms with van der Waals surface area (Å²) in [5.41, 5.74) is 2.76. The average Bonchev–Trinajstić information content (AvgIpc) is 3.00. The average molecular weight is 345 g/mol. The lowest BCUT2D eigenvalue weighted by atomic mass is 9.98. The lowest BCUT2D eigenvalue weighted by Gasteiger charge is -2.12. The van der Waals surface area contributed by atoms with E-state index in [1.807, 2.05) is 30.3 Å². The summed E-state index contributed by atoms with van der Waals surface area (Å²) in [5.74, 6) is 0.0239. The van der Waals surface area contributed by atoms with Crippen molar-refractivity contribution in [1.82, 2.24) is 10.3 Å². The normalized spacial score (nSPS) is 17.8. The fourth-order valence-corrected chi connectivity index (χ4v) is 2.82. The number of aromatic nitrogens is 1. The minimum atomic E-state index is -0.359. The summed E-state index contributed by atoms with van der Waals surface area (Å²) in [6.45, 7) is -0.0320. The second-order valence-corrected chi connectivity index (χ2v) is 6.10. The fourth-order valence-electron chi connectivity index (χ4n) is 2.71. The van der Waals surface area contributed by atoms with Gasteiger partial charge in [-0.05, 0) is 29.7 Å². The quantitative estimate of drug-likeness (QED) is 0.795. The number of carbonyl (C=O) groups excluding carboxylic acids is 1. The summed E-state index contributed by atoms with van der Waals surface area (Å²) in [7, 11) is 0.